The topological polar surface area (TPSA) is 0 Å². The summed E-state index contributed by atoms with van der Waals surface area (Å²) in [6.07, 6.45) is 0. The van der Waals surface area contributed by atoms with Crippen LogP contribution in [0.2, 0.25) is 0 Å². The fraction of sp³-hybridized carbons (Fsp3) is 0.455. The Balaban J connectivity index is 2.03. The molecule has 1 aromatic carbocycles. The fourth-order valence-corrected chi connectivity index (χ4v) is 4.35. The van der Waals surface area contributed by atoms with Gasteiger partial charge < -0.3 is 0 Å². The maximum Gasteiger partial charge on any atom is 0.0751 e. The normalized spacial score (nSPS) is 28.7. The van der Waals surface area contributed by atoms with Crippen LogP contribution in [-0.4, -0.2) is 11.5 Å². The smallest absolute Gasteiger partial charge is 0.0751 e. The summed E-state index contributed by atoms with van der Waals surface area (Å²) in [7, 11) is 0. The lowest BCUT2D eigenvalue weighted by molar-refractivity contribution is 0.757. The van der Waals surface area contributed by atoms with Gasteiger partial charge in [0.05, 0.1) is 4.58 Å². The van der Waals surface area contributed by atoms with Crippen molar-refractivity contribution in [3.05, 3.63) is 35.9 Å². The predicted octanol–water partition coefficient (Wildman–Crippen LogP) is 3.80. The van der Waals surface area contributed by atoms with Crippen LogP contribution in [-0.2, 0) is 0 Å². The van der Waals surface area contributed by atoms with Crippen molar-refractivity contribution >= 4 is 23.5 Å². The first-order valence-corrected chi connectivity index (χ1v) is 6.74. The van der Waals surface area contributed by atoms with Crippen LogP contribution < -0.4 is 0 Å². The van der Waals surface area contributed by atoms with Gasteiger partial charge in [-0.05, 0) is 23.0 Å². The van der Waals surface area contributed by atoms with E-state index in [0.717, 1.165) is 5.92 Å². The van der Waals surface area contributed by atoms with Crippen LogP contribution in [0.4, 0.5) is 0 Å². The van der Waals surface area contributed by atoms with Crippen molar-refractivity contribution in [2.24, 2.45) is 5.92 Å². The second-order valence-corrected chi connectivity index (χ2v) is 6.09. The molecule has 0 spiro atoms. The summed E-state index contributed by atoms with van der Waals surface area (Å²) < 4.78 is 0.678. The number of hydrogen-bond acceptors (Lipinski definition) is 2. The third-order valence-electron chi connectivity index (χ3n) is 2.14. The lowest BCUT2D eigenvalue weighted by Gasteiger charge is -2.25. The van der Waals surface area contributed by atoms with E-state index in [4.69, 9.17) is 0 Å². The first kappa shape index (κ1) is 9.47. The van der Waals surface area contributed by atoms with Gasteiger partial charge in [0.2, 0.25) is 0 Å². The zero-order valence-corrected chi connectivity index (χ0v) is 9.41. The molecule has 13 heavy (non-hydrogen) atoms. The number of thioether (sulfide) groups is 2. The van der Waals surface area contributed by atoms with Gasteiger partial charge in [0.15, 0.2) is 0 Å². The summed E-state index contributed by atoms with van der Waals surface area (Å²) in [5, 5.41) is 0. The lowest BCUT2D eigenvalue weighted by atomic mass is 10.2. The lowest BCUT2D eigenvalue weighted by Crippen LogP contribution is -2.10. The molecule has 0 amide bonds. The molecular formula is C11H14S2. The van der Waals surface area contributed by atoms with Gasteiger partial charge in [0.1, 0.15) is 0 Å². The Kier molecular flexibility index (Phi) is 3.23. The van der Waals surface area contributed by atoms with Crippen molar-refractivity contribution in [3.63, 3.8) is 0 Å². The van der Waals surface area contributed by atoms with Crippen molar-refractivity contribution in [2.75, 3.05) is 11.5 Å². The van der Waals surface area contributed by atoms with Gasteiger partial charge >= 0.3 is 0 Å². The second kappa shape index (κ2) is 4.43. The van der Waals surface area contributed by atoms with E-state index in [1.807, 2.05) is 0 Å². The minimum atomic E-state index is 0.678. The van der Waals surface area contributed by atoms with Crippen LogP contribution in [0.15, 0.2) is 30.3 Å². The highest BCUT2D eigenvalue weighted by Gasteiger charge is 2.19. The van der Waals surface area contributed by atoms with E-state index >= 15 is 0 Å². The summed E-state index contributed by atoms with van der Waals surface area (Å²) in [4.78, 5) is 0. The van der Waals surface area contributed by atoms with Gasteiger partial charge in [-0.25, -0.2) is 0 Å². The first-order valence-electron chi connectivity index (χ1n) is 4.64. The highest BCUT2D eigenvalue weighted by Crippen LogP contribution is 2.44. The molecule has 1 aliphatic heterocycles. The summed E-state index contributed by atoms with van der Waals surface area (Å²) in [6.45, 7) is 2.33. The number of rotatable bonds is 1. The molecular weight excluding hydrogens is 196 g/mol. The van der Waals surface area contributed by atoms with E-state index in [-0.39, 0.29) is 0 Å². The van der Waals surface area contributed by atoms with Crippen molar-refractivity contribution in [1.29, 1.82) is 0 Å². The third-order valence-corrected chi connectivity index (χ3v) is 5.63. The van der Waals surface area contributed by atoms with Crippen molar-refractivity contribution in [3.8, 4) is 0 Å². The molecule has 1 saturated heterocycles. The third kappa shape index (κ3) is 2.44. The average molecular weight is 210 g/mol. The predicted molar refractivity (Wildman–Crippen MR) is 63.3 cm³/mol. The number of hydrogen-bond donors (Lipinski definition) is 0. The summed E-state index contributed by atoms with van der Waals surface area (Å²) in [5.74, 6) is 3.51. The Morgan fingerprint density at radius 2 is 1.69 bits per heavy atom. The van der Waals surface area contributed by atoms with Gasteiger partial charge in [0, 0.05) is 0 Å². The summed E-state index contributed by atoms with van der Waals surface area (Å²) in [6, 6.07) is 10.8. The van der Waals surface area contributed by atoms with Crippen LogP contribution >= 0.6 is 23.5 Å². The molecule has 0 aliphatic carbocycles. The van der Waals surface area contributed by atoms with Gasteiger partial charge in [-0.2, -0.15) is 0 Å². The quantitative estimate of drug-likeness (QED) is 0.691. The Labute approximate surface area is 88.5 Å². The Hall–Kier alpha value is -0.0800. The molecule has 1 aromatic rings. The van der Waals surface area contributed by atoms with Crippen molar-refractivity contribution in [1.82, 2.24) is 0 Å². The van der Waals surface area contributed by atoms with Gasteiger partial charge in [-0.1, -0.05) is 37.3 Å². The van der Waals surface area contributed by atoms with Gasteiger partial charge in [0.25, 0.3) is 0 Å². The van der Waals surface area contributed by atoms with Crippen LogP contribution in [0, 0.1) is 5.92 Å². The number of benzene rings is 1. The largest absolute Gasteiger partial charge is 0.142 e. The van der Waals surface area contributed by atoms with E-state index < -0.39 is 0 Å². The van der Waals surface area contributed by atoms with Gasteiger partial charge in [-0.15, -0.1) is 23.5 Å². The molecule has 1 aliphatic rings. The maximum absolute atomic E-state index is 2.33. The van der Waals surface area contributed by atoms with Crippen LogP contribution in [0.25, 0.3) is 0 Å². The van der Waals surface area contributed by atoms with E-state index in [9.17, 15) is 0 Å². The van der Waals surface area contributed by atoms with E-state index in [1.165, 1.54) is 17.1 Å². The molecule has 0 unspecified atom stereocenters. The SMILES string of the molecule is CC1CSC(c2ccccc2)SC1. The zero-order chi connectivity index (χ0) is 9.10. The summed E-state index contributed by atoms with van der Waals surface area (Å²) in [5.41, 5.74) is 1.48. The van der Waals surface area contributed by atoms with Crippen LogP contribution in [0.5, 0.6) is 0 Å². The molecule has 0 nitrogen and oxygen atoms in total. The van der Waals surface area contributed by atoms with E-state index in [0.29, 0.717) is 4.58 Å². The second-order valence-electron chi connectivity index (χ2n) is 3.51. The molecule has 0 saturated carbocycles. The highest BCUT2D eigenvalue weighted by atomic mass is 32.2. The first-order chi connectivity index (χ1) is 6.36. The Morgan fingerprint density at radius 1 is 1.08 bits per heavy atom. The maximum atomic E-state index is 2.33. The highest BCUT2D eigenvalue weighted by molar-refractivity contribution is 8.16. The van der Waals surface area contributed by atoms with Crippen LogP contribution in [0.1, 0.15) is 17.1 Å². The zero-order valence-electron chi connectivity index (χ0n) is 7.77. The molecule has 0 radical (unpaired) electrons. The Bertz CT molecular complexity index is 250. The van der Waals surface area contributed by atoms with Crippen molar-refractivity contribution < 1.29 is 0 Å². The molecule has 0 atom stereocenters. The molecule has 0 aromatic heterocycles. The minimum Gasteiger partial charge on any atom is -0.142 e. The monoisotopic (exact) mass is 210 g/mol. The molecule has 2 rings (SSSR count). The van der Waals surface area contributed by atoms with Crippen LogP contribution in [0.3, 0.4) is 0 Å². The summed E-state index contributed by atoms with van der Waals surface area (Å²) >= 11 is 4.17. The molecule has 2 heteroatoms. The van der Waals surface area contributed by atoms with Crippen molar-refractivity contribution in [2.45, 2.75) is 11.5 Å². The van der Waals surface area contributed by atoms with E-state index in [2.05, 4.69) is 60.8 Å². The molecule has 0 N–H and O–H groups in total. The molecule has 0 bridgehead atoms. The van der Waals surface area contributed by atoms with Gasteiger partial charge in [-0.3, -0.25) is 0 Å². The molecule has 70 valence electrons. The molecule has 1 fully saturated rings. The minimum absolute atomic E-state index is 0.678. The standard InChI is InChI=1S/C11H14S2/c1-9-7-12-11(13-8-9)10-5-3-2-4-6-10/h2-6,9,11H,7-8H2,1H3. The fourth-order valence-electron chi connectivity index (χ4n) is 1.40. The average Bonchev–Trinajstić information content (AvgIpc) is 2.20. The Morgan fingerprint density at radius 3 is 2.31 bits per heavy atom. The van der Waals surface area contributed by atoms with E-state index in [1.54, 1.807) is 0 Å². The molecule has 1 heterocycles.